The van der Waals surface area contributed by atoms with E-state index in [4.69, 9.17) is 66.3 Å². The molecule has 5 aliphatic heterocycles. The van der Waals surface area contributed by atoms with Gasteiger partial charge in [0.2, 0.25) is 0 Å². The maximum absolute atomic E-state index is 13.6. The lowest BCUT2D eigenvalue weighted by molar-refractivity contribution is -0.358. The van der Waals surface area contributed by atoms with E-state index in [2.05, 4.69) is 6.92 Å². The predicted octanol–water partition coefficient (Wildman–Crippen LogP) is 2.41. The fourth-order valence-corrected chi connectivity index (χ4v) is 16.3. The van der Waals surface area contributed by atoms with Gasteiger partial charge in [-0.1, -0.05) is 48.9 Å². The van der Waals surface area contributed by atoms with Crippen LogP contribution in [0.5, 0.6) is 0 Å². The van der Waals surface area contributed by atoms with Crippen molar-refractivity contribution in [3.05, 3.63) is 53.6 Å². The Hall–Kier alpha value is -3.00. The molecule has 0 spiro atoms. The molecule has 29 unspecified atom stereocenters. The maximum Gasteiger partial charge on any atom is 0.331 e. The zero-order valence-corrected chi connectivity index (χ0v) is 51.6. The minimum atomic E-state index is -2.07. The molecule has 8 fully saturated rings. The average molecular weight is 1240 g/mol. The summed E-state index contributed by atoms with van der Waals surface area (Å²) in [4.78, 5) is 27.0. The van der Waals surface area contributed by atoms with Crippen LogP contribution in [0.25, 0.3) is 6.08 Å². The minimum absolute atomic E-state index is 0.0527. The second kappa shape index (κ2) is 26.5. The number of hydrogen-bond acceptors (Lipinski definition) is 24. The van der Waals surface area contributed by atoms with Crippen LogP contribution in [0.4, 0.5) is 0 Å². The summed E-state index contributed by atoms with van der Waals surface area (Å²) < 4.78 is 87.4. The third-order valence-corrected chi connectivity index (χ3v) is 21.4. The fraction of sp³-hybridized carbons (Fsp3) is 0.810. The van der Waals surface area contributed by atoms with E-state index in [-0.39, 0.29) is 51.0 Å². The average Bonchev–Trinajstić information content (AvgIpc) is 1.61. The van der Waals surface area contributed by atoms with Gasteiger partial charge in [-0.25, -0.2) is 4.79 Å². The highest BCUT2D eigenvalue weighted by Gasteiger charge is 2.81. The normalized spacial score (nSPS) is 49.3. The zero-order valence-electron chi connectivity index (χ0n) is 51.6. The Bertz CT molecular complexity index is 2560. The molecule has 0 aromatic heterocycles. The molecule has 24 heteroatoms. The Labute approximate surface area is 508 Å². The Morgan fingerprint density at radius 1 is 0.644 bits per heavy atom. The van der Waals surface area contributed by atoms with Crippen LogP contribution in [0.3, 0.4) is 0 Å². The van der Waals surface area contributed by atoms with Crippen molar-refractivity contribution < 1.29 is 117 Å². The van der Waals surface area contributed by atoms with Crippen LogP contribution in [-0.2, 0) is 75.9 Å². The molecule has 5 saturated heterocycles. The van der Waals surface area contributed by atoms with Crippen molar-refractivity contribution in [1.82, 2.24) is 0 Å². The number of Topliss-reactive ketones (excluding diaryl/α,β-unsaturated/α-hetero) is 1. The molecular weight excluding hydrogens is 1140 g/mol. The Balaban J connectivity index is 0.717. The number of ketones is 1. The Morgan fingerprint density at radius 3 is 1.71 bits per heavy atom. The Morgan fingerprint density at radius 2 is 1.17 bits per heavy atom. The van der Waals surface area contributed by atoms with Crippen molar-refractivity contribution in [1.29, 1.82) is 0 Å². The highest BCUT2D eigenvalue weighted by atomic mass is 16.8. The molecule has 1 aromatic carbocycles. The number of methoxy groups -OCH3 is 3. The predicted molar refractivity (Wildman–Crippen MR) is 303 cm³/mol. The summed E-state index contributed by atoms with van der Waals surface area (Å²) in [7, 11) is 4.68. The third-order valence-electron chi connectivity index (χ3n) is 21.4. The quantitative estimate of drug-likeness (QED) is 0.0594. The molecule has 0 bridgehead atoms. The maximum atomic E-state index is 13.6. The number of carbonyl (C=O) groups is 2. The zero-order chi connectivity index (χ0) is 62.7. The van der Waals surface area contributed by atoms with Crippen molar-refractivity contribution in [2.75, 3.05) is 27.9 Å². The molecule has 0 radical (unpaired) electrons. The van der Waals surface area contributed by atoms with Gasteiger partial charge < -0.3 is 107 Å². The second-order valence-corrected chi connectivity index (χ2v) is 26.2. The number of aliphatic hydroxyl groups excluding tert-OH is 5. The highest BCUT2D eigenvalue weighted by Crippen LogP contribution is 2.71. The van der Waals surface area contributed by atoms with Gasteiger partial charge in [-0.15, -0.1) is 0 Å². The summed E-state index contributed by atoms with van der Waals surface area (Å²) in [5.74, 6) is -1.86. The molecule has 0 amide bonds. The van der Waals surface area contributed by atoms with Gasteiger partial charge in [0.1, 0.15) is 71.7 Å². The van der Waals surface area contributed by atoms with Crippen molar-refractivity contribution in [3.63, 3.8) is 0 Å². The molecule has 10 rings (SSSR count). The van der Waals surface area contributed by atoms with E-state index in [1.165, 1.54) is 20.1 Å². The van der Waals surface area contributed by atoms with Gasteiger partial charge in [-0.3, -0.25) is 4.79 Å². The molecular formula is C63H94O24. The fourth-order valence-electron chi connectivity index (χ4n) is 16.3. The lowest BCUT2D eigenvalue weighted by Gasteiger charge is -2.67. The first-order chi connectivity index (χ1) is 41.2. The van der Waals surface area contributed by atoms with Gasteiger partial charge in [0.05, 0.1) is 67.0 Å². The largest absolute Gasteiger partial charge is 0.458 e. The molecule has 87 heavy (non-hydrogen) atoms. The van der Waals surface area contributed by atoms with Gasteiger partial charge in [-0.2, -0.15) is 0 Å². The van der Waals surface area contributed by atoms with Crippen LogP contribution in [0.1, 0.15) is 125 Å². The van der Waals surface area contributed by atoms with Gasteiger partial charge in [0.25, 0.3) is 0 Å². The summed E-state index contributed by atoms with van der Waals surface area (Å²) >= 11 is 0. The highest BCUT2D eigenvalue weighted by molar-refractivity contribution is 5.88. The van der Waals surface area contributed by atoms with Crippen LogP contribution >= 0.6 is 0 Å². The van der Waals surface area contributed by atoms with E-state index >= 15 is 0 Å². The standard InChI is InChI=1S/C63H94O24/c1-31-54(84-49-28-42(76-10)57(34(4)80-49)87-58-53(70)52(69)51(68)43(30-64)82-58)39(66)25-47(77-31)85-55-33(3)79-50(27-41(55)75-9)86-56-32(2)78-48(26-40(56)74-8)81-38-19-20-59(6)37(24-38)18-21-62(72)44(59)29-45(83-46(67)17-16-36-14-12-11-13-15-36)60(7)61(71,35(5)65)22-23-63(60,62)73/h11-18,31-34,38-45,47-58,64,66,68-73H,19-30H2,1-10H3. The number of aliphatic hydroxyl groups is 8. The van der Waals surface area contributed by atoms with E-state index in [0.29, 0.717) is 25.7 Å². The van der Waals surface area contributed by atoms with Crippen LogP contribution < -0.4 is 0 Å². The first-order valence-corrected chi connectivity index (χ1v) is 31.0. The smallest absolute Gasteiger partial charge is 0.331 e. The van der Waals surface area contributed by atoms with Crippen LogP contribution in [0, 0.1) is 16.7 Å². The molecule has 5 heterocycles. The minimum Gasteiger partial charge on any atom is -0.458 e. The van der Waals surface area contributed by atoms with E-state index in [9.17, 15) is 50.4 Å². The molecule has 24 nitrogen and oxygen atoms in total. The number of rotatable bonds is 18. The van der Waals surface area contributed by atoms with Crippen molar-refractivity contribution in [3.8, 4) is 0 Å². The second-order valence-electron chi connectivity index (χ2n) is 26.2. The van der Waals surface area contributed by atoms with Crippen molar-refractivity contribution >= 4 is 17.8 Å². The van der Waals surface area contributed by atoms with E-state index < -0.39 is 187 Å². The van der Waals surface area contributed by atoms with Crippen molar-refractivity contribution in [2.45, 2.75) is 277 Å². The third kappa shape index (κ3) is 12.3. The lowest BCUT2D eigenvalue weighted by atomic mass is 9.42. The first-order valence-electron chi connectivity index (χ1n) is 31.0. The number of ether oxygens (including phenoxy) is 14. The topological polar surface area (TPSA) is 325 Å². The lowest BCUT2D eigenvalue weighted by Crippen LogP contribution is -2.78. The van der Waals surface area contributed by atoms with Crippen LogP contribution in [0.2, 0.25) is 0 Å². The number of esters is 1. The number of carbonyl (C=O) groups excluding carboxylic acids is 2. The molecule has 9 aliphatic rings. The van der Waals surface area contributed by atoms with Crippen LogP contribution in [0.15, 0.2) is 48.1 Å². The molecule has 8 N–H and O–H groups in total. The summed E-state index contributed by atoms with van der Waals surface area (Å²) in [6.45, 7) is 11.6. The monoisotopic (exact) mass is 1230 g/mol. The Kier molecular flexibility index (Phi) is 20.4. The van der Waals surface area contributed by atoms with Gasteiger partial charge in [0, 0.05) is 59.0 Å². The number of benzene rings is 1. The molecule has 4 aliphatic carbocycles. The van der Waals surface area contributed by atoms with Crippen LogP contribution in [-0.4, -0.2) is 239 Å². The SMILES string of the molecule is COC1CC(OC2C(C)OC(OC3CCC4(C)C(=CCC5(O)C4CC(OC(=O)C=Cc4ccccc4)C4(C)C(O)(C(C)=O)CCC54O)C3)CC2OC)OC(C)C1OC1CC(O)C(OC2CC(OC)C(OC3OC(CO)C(O)C(O)C3O)C(C)O2)C(C)O1. The molecule has 29 atom stereocenters. The summed E-state index contributed by atoms with van der Waals surface area (Å²) in [6.07, 6.45) is -12.3. The van der Waals surface area contributed by atoms with E-state index in [1.807, 2.05) is 50.3 Å². The molecule has 1 aromatic rings. The number of fused-ring (bicyclic) bond motifs is 5. The van der Waals surface area contributed by atoms with Crippen molar-refractivity contribution in [2.24, 2.45) is 16.7 Å². The number of hydrogen-bond donors (Lipinski definition) is 8. The van der Waals surface area contributed by atoms with Gasteiger partial charge >= 0.3 is 5.97 Å². The summed E-state index contributed by atoms with van der Waals surface area (Å²) in [5, 5.41) is 90.5. The molecule has 490 valence electrons. The summed E-state index contributed by atoms with van der Waals surface area (Å²) in [6, 6.07) is 9.25. The first kappa shape index (κ1) is 66.9. The van der Waals surface area contributed by atoms with E-state index in [0.717, 1.165) is 11.1 Å². The molecule has 3 saturated carbocycles. The summed E-state index contributed by atoms with van der Waals surface area (Å²) in [5.41, 5.74) is -6.39. The van der Waals surface area contributed by atoms with Gasteiger partial charge in [-0.05, 0) is 104 Å². The van der Waals surface area contributed by atoms with E-state index in [1.54, 1.807) is 41.1 Å². The van der Waals surface area contributed by atoms with Gasteiger partial charge in [0.15, 0.2) is 37.2 Å².